The molecular weight excluding hydrogens is 328 g/mol. The van der Waals surface area contributed by atoms with Crippen LogP contribution in [0.4, 0.5) is 0 Å². The van der Waals surface area contributed by atoms with Crippen molar-refractivity contribution in [3.8, 4) is 5.75 Å². The van der Waals surface area contributed by atoms with Crippen LogP contribution in [0.3, 0.4) is 0 Å². The van der Waals surface area contributed by atoms with E-state index in [0.29, 0.717) is 19.2 Å². The van der Waals surface area contributed by atoms with Crippen LogP contribution in [0.1, 0.15) is 44.2 Å². The molecule has 26 heavy (non-hydrogen) atoms. The molecule has 2 aliphatic rings. The number of likely N-dealkylation sites (tertiary alicyclic amines) is 1. The lowest BCUT2D eigenvalue weighted by atomic mass is 9.95. The van der Waals surface area contributed by atoms with Crippen molar-refractivity contribution in [2.24, 2.45) is 5.92 Å². The smallest absolute Gasteiger partial charge is 0.223 e. The van der Waals surface area contributed by atoms with Crippen molar-refractivity contribution in [1.82, 2.24) is 10.2 Å². The Morgan fingerprint density at radius 1 is 1.31 bits per heavy atom. The van der Waals surface area contributed by atoms with E-state index in [-0.39, 0.29) is 17.9 Å². The number of hydrogen-bond acceptors (Lipinski definition) is 4. The lowest BCUT2D eigenvalue weighted by molar-refractivity contribution is -0.126. The predicted molar refractivity (Wildman–Crippen MR) is 102 cm³/mol. The fraction of sp³-hybridized carbons (Fsp3) is 0.667. The van der Waals surface area contributed by atoms with Crippen LogP contribution in [-0.4, -0.2) is 49.3 Å². The lowest BCUT2D eigenvalue weighted by Crippen LogP contribution is -2.43. The Morgan fingerprint density at radius 2 is 2.08 bits per heavy atom. The van der Waals surface area contributed by atoms with Crippen molar-refractivity contribution in [1.29, 1.82) is 0 Å². The predicted octanol–water partition coefficient (Wildman–Crippen LogP) is 2.90. The number of nitrogens with one attached hydrogen (secondary N) is 1. The number of amides is 1. The maximum absolute atomic E-state index is 12.6. The van der Waals surface area contributed by atoms with Crippen LogP contribution in [0, 0.1) is 12.8 Å². The van der Waals surface area contributed by atoms with Crippen molar-refractivity contribution in [2.45, 2.75) is 58.7 Å². The fourth-order valence-electron chi connectivity index (χ4n) is 3.71. The third-order valence-electron chi connectivity index (χ3n) is 5.49. The summed E-state index contributed by atoms with van der Waals surface area (Å²) in [6.07, 6.45) is 2.93. The molecule has 5 heteroatoms. The monoisotopic (exact) mass is 360 g/mol. The summed E-state index contributed by atoms with van der Waals surface area (Å²) in [6.45, 7) is 10.4. The van der Waals surface area contributed by atoms with E-state index in [2.05, 4.69) is 49.2 Å². The van der Waals surface area contributed by atoms with Gasteiger partial charge in [-0.25, -0.2) is 0 Å². The van der Waals surface area contributed by atoms with Crippen molar-refractivity contribution < 1.29 is 14.3 Å². The molecule has 0 bridgehead atoms. The summed E-state index contributed by atoms with van der Waals surface area (Å²) >= 11 is 0. The van der Waals surface area contributed by atoms with Crippen LogP contribution < -0.4 is 10.1 Å². The Hall–Kier alpha value is -1.59. The van der Waals surface area contributed by atoms with Gasteiger partial charge in [-0.05, 0) is 58.3 Å². The van der Waals surface area contributed by atoms with E-state index in [1.807, 2.05) is 0 Å². The Balaban J connectivity index is 1.54. The first-order valence-corrected chi connectivity index (χ1v) is 9.88. The summed E-state index contributed by atoms with van der Waals surface area (Å²) in [5.74, 6) is 1.17. The molecule has 0 aliphatic carbocycles. The Bertz CT molecular complexity index is 603. The summed E-state index contributed by atoms with van der Waals surface area (Å²) in [7, 11) is 0. The van der Waals surface area contributed by atoms with Gasteiger partial charge < -0.3 is 19.7 Å². The number of rotatable bonds is 6. The number of ether oxygens (including phenoxy) is 2. The summed E-state index contributed by atoms with van der Waals surface area (Å²) < 4.78 is 11.5. The minimum atomic E-state index is 0.117. The van der Waals surface area contributed by atoms with E-state index >= 15 is 0 Å². The fourth-order valence-corrected chi connectivity index (χ4v) is 3.71. The molecule has 1 amide bonds. The summed E-state index contributed by atoms with van der Waals surface area (Å²) in [5.41, 5.74) is 2.20. The number of carbonyl (C=O) groups excluding carboxylic acids is 1. The third kappa shape index (κ3) is 4.98. The van der Waals surface area contributed by atoms with E-state index in [9.17, 15) is 4.79 Å². The first-order valence-electron chi connectivity index (χ1n) is 9.88. The molecule has 0 aromatic heterocycles. The zero-order chi connectivity index (χ0) is 18.5. The molecule has 1 aromatic carbocycles. The summed E-state index contributed by atoms with van der Waals surface area (Å²) in [5, 5.41) is 3.13. The average molecular weight is 360 g/mol. The van der Waals surface area contributed by atoms with Gasteiger partial charge >= 0.3 is 0 Å². The molecule has 0 spiro atoms. The second-order valence-corrected chi connectivity index (χ2v) is 7.84. The highest BCUT2D eigenvalue weighted by Gasteiger charge is 2.26. The SMILES string of the molecule is Cc1ccc(CNC(=O)C2CCN(C(C)C)CC2)c(OC2CCOC2)c1. The topological polar surface area (TPSA) is 50.8 Å². The van der Waals surface area contributed by atoms with Crippen molar-refractivity contribution in [3.63, 3.8) is 0 Å². The maximum Gasteiger partial charge on any atom is 0.223 e. The Labute approximate surface area is 157 Å². The number of carbonyl (C=O) groups is 1. The van der Waals surface area contributed by atoms with Crippen LogP contribution >= 0.6 is 0 Å². The van der Waals surface area contributed by atoms with Crippen LogP contribution in [0.5, 0.6) is 5.75 Å². The summed E-state index contributed by atoms with van der Waals surface area (Å²) in [4.78, 5) is 15.0. The molecule has 144 valence electrons. The highest BCUT2D eigenvalue weighted by atomic mass is 16.5. The second kappa shape index (κ2) is 8.87. The highest BCUT2D eigenvalue weighted by molar-refractivity contribution is 5.78. The molecule has 2 aliphatic heterocycles. The molecule has 1 atom stereocenters. The van der Waals surface area contributed by atoms with E-state index in [4.69, 9.17) is 9.47 Å². The number of nitrogens with zero attached hydrogens (tertiary/aromatic N) is 1. The minimum absolute atomic E-state index is 0.117. The van der Waals surface area contributed by atoms with Gasteiger partial charge in [0.05, 0.1) is 13.2 Å². The molecule has 2 saturated heterocycles. The normalized spacial score (nSPS) is 21.9. The zero-order valence-electron chi connectivity index (χ0n) is 16.3. The van der Waals surface area contributed by atoms with Gasteiger partial charge in [0.2, 0.25) is 5.91 Å². The summed E-state index contributed by atoms with van der Waals surface area (Å²) in [6, 6.07) is 6.75. The molecule has 1 N–H and O–H groups in total. The second-order valence-electron chi connectivity index (χ2n) is 7.84. The number of hydrogen-bond donors (Lipinski definition) is 1. The van der Waals surface area contributed by atoms with Gasteiger partial charge in [-0.1, -0.05) is 12.1 Å². The molecule has 0 saturated carbocycles. The molecule has 0 radical (unpaired) electrons. The Morgan fingerprint density at radius 3 is 2.73 bits per heavy atom. The minimum Gasteiger partial charge on any atom is -0.488 e. The third-order valence-corrected chi connectivity index (χ3v) is 5.49. The number of aryl methyl sites for hydroxylation is 1. The highest BCUT2D eigenvalue weighted by Crippen LogP contribution is 2.24. The Kier molecular flexibility index (Phi) is 6.54. The van der Waals surface area contributed by atoms with Gasteiger partial charge in [0.15, 0.2) is 0 Å². The number of benzene rings is 1. The molecule has 2 heterocycles. The van der Waals surface area contributed by atoms with E-state index < -0.39 is 0 Å². The van der Waals surface area contributed by atoms with Gasteiger partial charge in [-0.15, -0.1) is 0 Å². The zero-order valence-corrected chi connectivity index (χ0v) is 16.3. The molecular formula is C21H32N2O3. The van der Waals surface area contributed by atoms with Crippen LogP contribution in [0.15, 0.2) is 18.2 Å². The van der Waals surface area contributed by atoms with Crippen LogP contribution in [-0.2, 0) is 16.1 Å². The van der Waals surface area contributed by atoms with Gasteiger partial charge in [-0.3, -0.25) is 4.79 Å². The number of piperidine rings is 1. The van der Waals surface area contributed by atoms with Crippen molar-refractivity contribution in [3.05, 3.63) is 29.3 Å². The van der Waals surface area contributed by atoms with Gasteiger partial charge in [0.25, 0.3) is 0 Å². The molecule has 2 fully saturated rings. The van der Waals surface area contributed by atoms with Crippen molar-refractivity contribution >= 4 is 5.91 Å². The first-order chi connectivity index (χ1) is 12.5. The molecule has 5 nitrogen and oxygen atoms in total. The quantitative estimate of drug-likeness (QED) is 0.847. The van der Waals surface area contributed by atoms with Gasteiger partial charge in [-0.2, -0.15) is 0 Å². The van der Waals surface area contributed by atoms with Crippen molar-refractivity contribution in [2.75, 3.05) is 26.3 Å². The lowest BCUT2D eigenvalue weighted by Gasteiger charge is -2.34. The molecule has 3 rings (SSSR count). The van der Waals surface area contributed by atoms with Crippen LogP contribution in [0.2, 0.25) is 0 Å². The molecule has 1 unspecified atom stereocenters. The largest absolute Gasteiger partial charge is 0.488 e. The molecule has 1 aromatic rings. The average Bonchev–Trinajstić information content (AvgIpc) is 3.14. The standard InChI is InChI=1S/C21H32N2O3/c1-15(2)23-9-6-17(7-10-23)21(24)22-13-18-5-4-16(3)12-20(18)26-19-8-11-25-14-19/h4-5,12,15,17,19H,6-11,13-14H2,1-3H3,(H,22,24). The van der Waals surface area contributed by atoms with Crippen LogP contribution in [0.25, 0.3) is 0 Å². The van der Waals surface area contributed by atoms with E-state index in [1.54, 1.807) is 0 Å². The van der Waals surface area contributed by atoms with Gasteiger partial charge in [0, 0.05) is 30.5 Å². The first kappa shape index (κ1) is 19.2. The van der Waals surface area contributed by atoms with E-state index in [1.165, 1.54) is 0 Å². The van der Waals surface area contributed by atoms with E-state index in [0.717, 1.165) is 55.8 Å². The van der Waals surface area contributed by atoms with Gasteiger partial charge in [0.1, 0.15) is 11.9 Å². The maximum atomic E-state index is 12.6.